The first-order valence-electron chi connectivity index (χ1n) is 10.0. The van der Waals surface area contributed by atoms with Gasteiger partial charge in [-0.1, -0.05) is 30.3 Å². The second kappa shape index (κ2) is 7.56. The first-order valence-corrected chi connectivity index (χ1v) is 10.0. The Hall–Kier alpha value is -2.38. The summed E-state index contributed by atoms with van der Waals surface area (Å²) < 4.78 is 5.30. The van der Waals surface area contributed by atoms with Crippen LogP contribution >= 0.6 is 0 Å². The fourth-order valence-corrected chi connectivity index (χ4v) is 4.68. The van der Waals surface area contributed by atoms with E-state index in [-0.39, 0.29) is 18.6 Å². The molecule has 0 saturated carbocycles. The lowest BCUT2D eigenvalue weighted by molar-refractivity contribution is -0.167. The number of nitrogens with zero attached hydrogens (tertiary/aromatic N) is 2. The van der Waals surface area contributed by atoms with E-state index >= 15 is 0 Å². The molecule has 2 saturated heterocycles. The van der Waals surface area contributed by atoms with Crippen molar-refractivity contribution in [2.24, 2.45) is 0 Å². The van der Waals surface area contributed by atoms with E-state index in [0.29, 0.717) is 18.7 Å². The van der Waals surface area contributed by atoms with E-state index in [1.54, 1.807) is 13.8 Å². The number of rotatable bonds is 4. The maximum Gasteiger partial charge on any atom is 0.356 e. The zero-order valence-corrected chi connectivity index (χ0v) is 16.4. The topological polar surface area (TPSA) is 71.1 Å². The van der Waals surface area contributed by atoms with Gasteiger partial charge in [-0.2, -0.15) is 0 Å². The molecule has 1 amide bonds. The summed E-state index contributed by atoms with van der Waals surface area (Å²) in [4.78, 5) is 35.6. The fourth-order valence-electron chi connectivity index (χ4n) is 4.68. The summed E-state index contributed by atoms with van der Waals surface area (Å²) in [5, 5.41) is 0. The lowest BCUT2D eigenvalue weighted by Gasteiger charge is -2.48. The quantitative estimate of drug-likeness (QED) is 0.801. The van der Waals surface area contributed by atoms with Crippen molar-refractivity contribution < 1.29 is 19.2 Å². The number of hydrogen-bond donors (Lipinski definition) is 1. The smallest absolute Gasteiger partial charge is 0.356 e. The highest BCUT2D eigenvalue weighted by Gasteiger charge is 2.57. The van der Waals surface area contributed by atoms with Crippen molar-refractivity contribution in [1.29, 1.82) is 0 Å². The first-order chi connectivity index (χ1) is 13.6. The Morgan fingerprint density at radius 1 is 1.21 bits per heavy atom. The summed E-state index contributed by atoms with van der Waals surface area (Å²) in [5.74, 6) is -0.462. The van der Waals surface area contributed by atoms with Crippen molar-refractivity contribution in [1.82, 2.24) is 15.3 Å². The van der Waals surface area contributed by atoms with Crippen LogP contribution in [0.2, 0.25) is 0 Å². The van der Waals surface area contributed by atoms with Crippen molar-refractivity contribution in [3.05, 3.63) is 47.2 Å². The monoisotopic (exact) mass is 385 g/mol. The Kier molecular flexibility index (Phi) is 5.12. The van der Waals surface area contributed by atoms with Gasteiger partial charge in [-0.05, 0) is 25.3 Å². The van der Waals surface area contributed by atoms with Crippen LogP contribution in [0.4, 0.5) is 0 Å². The number of amides is 1. The van der Waals surface area contributed by atoms with Gasteiger partial charge in [0, 0.05) is 38.6 Å². The molecule has 7 heteroatoms. The van der Waals surface area contributed by atoms with Crippen LogP contribution in [0.1, 0.15) is 44.7 Å². The van der Waals surface area contributed by atoms with E-state index in [9.17, 15) is 9.59 Å². The number of nitrogens with one attached hydrogen (secondary N) is 1. The van der Waals surface area contributed by atoms with Crippen LogP contribution in [-0.4, -0.2) is 53.6 Å². The van der Waals surface area contributed by atoms with E-state index in [2.05, 4.69) is 10.4 Å². The molecule has 0 spiro atoms. The van der Waals surface area contributed by atoms with Gasteiger partial charge >= 0.3 is 5.97 Å². The molecular weight excluding hydrogens is 358 g/mol. The third-order valence-corrected chi connectivity index (χ3v) is 5.91. The predicted molar refractivity (Wildman–Crippen MR) is 103 cm³/mol. The van der Waals surface area contributed by atoms with Crippen LogP contribution in [0.3, 0.4) is 0 Å². The molecule has 2 unspecified atom stereocenters. The molecule has 3 aliphatic heterocycles. The van der Waals surface area contributed by atoms with Crippen LogP contribution < -0.4 is 5.48 Å². The van der Waals surface area contributed by atoms with Crippen molar-refractivity contribution in [3.8, 4) is 0 Å². The molecule has 0 aromatic heterocycles. The number of carbonyl (C=O) groups is 2. The molecule has 3 heterocycles. The van der Waals surface area contributed by atoms with Crippen molar-refractivity contribution in [2.45, 2.75) is 44.9 Å². The highest BCUT2D eigenvalue weighted by atomic mass is 16.7. The SMILES string of the molecule is CCOC(=O)C1=C2C(c3ccccc3)N(C(C)=O)CCC2(N2CCCC2)ON1. The summed E-state index contributed by atoms with van der Waals surface area (Å²) in [7, 11) is 0. The molecule has 28 heavy (non-hydrogen) atoms. The zero-order valence-electron chi connectivity index (χ0n) is 16.4. The van der Waals surface area contributed by atoms with Gasteiger partial charge in [0.05, 0.1) is 12.6 Å². The molecule has 0 radical (unpaired) electrons. The van der Waals surface area contributed by atoms with E-state index in [0.717, 1.165) is 37.1 Å². The maximum atomic E-state index is 12.8. The second-order valence-corrected chi connectivity index (χ2v) is 7.47. The first kappa shape index (κ1) is 19.0. The minimum absolute atomic E-state index is 0.0218. The lowest BCUT2D eigenvalue weighted by atomic mass is 9.81. The molecule has 1 aromatic rings. The second-order valence-electron chi connectivity index (χ2n) is 7.47. The molecule has 3 aliphatic rings. The molecule has 4 rings (SSSR count). The van der Waals surface area contributed by atoms with Crippen LogP contribution in [0.25, 0.3) is 0 Å². The number of ether oxygens (including phenoxy) is 1. The molecule has 2 fully saturated rings. The average molecular weight is 385 g/mol. The van der Waals surface area contributed by atoms with Crippen LogP contribution in [-0.2, 0) is 19.2 Å². The van der Waals surface area contributed by atoms with Crippen LogP contribution in [0.5, 0.6) is 0 Å². The minimum atomic E-state index is -0.731. The molecule has 1 N–H and O–H groups in total. The fraction of sp³-hybridized carbons (Fsp3) is 0.524. The molecule has 7 nitrogen and oxygen atoms in total. The minimum Gasteiger partial charge on any atom is -0.461 e. The van der Waals surface area contributed by atoms with Gasteiger partial charge < -0.3 is 9.64 Å². The van der Waals surface area contributed by atoms with Gasteiger partial charge in [0.15, 0.2) is 11.4 Å². The number of piperidine rings is 1. The molecular formula is C21H27N3O4. The van der Waals surface area contributed by atoms with Crippen molar-refractivity contribution in [3.63, 3.8) is 0 Å². The van der Waals surface area contributed by atoms with Gasteiger partial charge in [0.2, 0.25) is 5.91 Å². The van der Waals surface area contributed by atoms with Gasteiger partial charge in [0.1, 0.15) is 0 Å². The molecule has 2 atom stereocenters. The van der Waals surface area contributed by atoms with E-state index < -0.39 is 11.7 Å². The van der Waals surface area contributed by atoms with E-state index in [1.165, 1.54) is 0 Å². The molecule has 0 aliphatic carbocycles. The third kappa shape index (κ3) is 2.99. The zero-order chi connectivity index (χ0) is 19.7. The van der Waals surface area contributed by atoms with Gasteiger partial charge in [-0.3, -0.25) is 15.2 Å². The molecule has 150 valence electrons. The highest BCUT2D eigenvalue weighted by molar-refractivity contribution is 5.90. The Bertz CT molecular complexity index is 788. The average Bonchev–Trinajstić information content (AvgIpc) is 3.36. The summed E-state index contributed by atoms with van der Waals surface area (Å²) in [6.07, 6.45) is 2.81. The molecule has 1 aromatic carbocycles. The number of hydrogen-bond acceptors (Lipinski definition) is 6. The standard InChI is InChI=1S/C21H27N3O4/c1-3-27-20(26)18-17-19(16-9-5-4-6-10-16)24(15(2)25)14-11-21(17,28-22-18)23-12-7-8-13-23/h4-6,9-10,19,22H,3,7-8,11-14H2,1-2H3. The lowest BCUT2D eigenvalue weighted by Crippen LogP contribution is -2.58. The Morgan fingerprint density at radius 3 is 2.57 bits per heavy atom. The van der Waals surface area contributed by atoms with E-state index in [1.807, 2.05) is 35.2 Å². The van der Waals surface area contributed by atoms with Crippen LogP contribution in [0.15, 0.2) is 41.6 Å². The highest BCUT2D eigenvalue weighted by Crippen LogP contribution is 2.49. The number of carbonyl (C=O) groups excluding carboxylic acids is 2. The van der Waals surface area contributed by atoms with Gasteiger partial charge in [0.25, 0.3) is 0 Å². The normalized spacial score (nSPS) is 27.5. The van der Waals surface area contributed by atoms with Crippen molar-refractivity contribution in [2.75, 3.05) is 26.2 Å². The number of hydroxylamine groups is 1. The number of likely N-dealkylation sites (tertiary alicyclic amines) is 2. The Balaban J connectivity index is 1.89. The summed E-state index contributed by atoms with van der Waals surface area (Å²) in [6.45, 7) is 6.01. The van der Waals surface area contributed by atoms with Gasteiger partial charge in [-0.25, -0.2) is 9.63 Å². The van der Waals surface area contributed by atoms with Crippen molar-refractivity contribution >= 4 is 11.9 Å². The Morgan fingerprint density at radius 2 is 1.93 bits per heavy atom. The number of fused-ring (bicyclic) bond motifs is 1. The summed E-state index contributed by atoms with van der Waals surface area (Å²) in [5.41, 5.74) is 4.24. The Labute approximate surface area is 165 Å². The maximum absolute atomic E-state index is 12.8. The molecule has 0 bridgehead atoms. The summed E-state index contributed by atoms with van der Waals surface area (Å²) >= 11 is 0. The number of benzene rings is 1. The van der Waals surface area contributed by atoms with E-state index in [4.69, 9.17) is 9.57 Å². The predicted octanol–water partition coefficient (Wildman–Crippen LogP) is 2.12. The largest absolute Gasteiger partial charge is 0.461 e. The van der Waals surface area contributed by atoms with Gasteiger partial charge in [-0.15, -0.1) is 0 Å². The third-order valence-electron chi connectivity index (χ3n) is 5.91. The number of esters is 1. The summed E-state index contributed by atoms with van der Waals surface area (Å²) in [6, 6.07) is 9.47. The van der Waals surface area contributed by atoms with Crippen LogP contribution in [0, 0.1) is 0 Å².